The summed E-state index contributed by atoms with van der Waals surface area (Å²) in [5.41, 5.74) is 6.47. The molecule has 0 fully saturated rings. The Labute approximate surface area is 179 Å². The molecule has 4 heteroatoms. The first-order valence-corrected chi connectivity index (χ1v) is 10.1. The quantitative estimate of drug-likeness (QED) is 0.296. The lowest BCUT2D eigenvalue weighted by Crippen LogP contribution is -2.09. The van der Waals surface area contributed by atoms with Gasteiger partial charge < -0.3 is 0 Å². The number of aromatic nitrogens is 2. The summed E-state index contributed by atoms with van der Waals surface area (Å²) in [5.74, 6) is 0. The predicted octanol–water partition coefficient (Wildman–Crippen LogP) is 7.62. The van der Waals surface area contributed by atoms with Crippen LogP contribution < -0.4 is 0 Å². The van der Waals surface area contributed by atoms with E-state index in [1.807, 2.05) is 89.6 Å². The van der Waals surface area contributed by atoms with Gasteiger partial charge in [0, 0.05) is 22.3 Å². The maximum atomic E-state index is 6.73. The van der Waals surface area contributed by atoms with E-state index in [9.17, 15) is 0 Å². The smallest absolute Gasteiger partial charge is 0.101 e. The van der Waals surface area contributed by atoms with E-state index in [-0.39, 0.29) is 0 Å². The Morgan fingerprint density at radius 1 is 0.586 bits per heavy atom. The standard InChI is InChI=1S/C25H16Cl2N2/c26-20-16-21(27)23-22(20)24(17-10-4-1-5-11-17)28-29(19-14-8-3-9-15-19)25(23)18-12-6-2-7-13-18/h1-16H. The van der Waals surface area contributed by atoms with Crippen LogP contribution in [0.1, 0.15) is 0 Å². The Hall–Kier alpha value is -3.07. The Bertz CT molecular complexity index is 1250. The summed E-state index contributed by atoms with van der Waals surface area (Å²) in [7, 11) is 0. The molecule has 29 heavy (non-hydrogen) atoms. The van der Waals surface area contributed by atoms with Gasteiger partial charge in [0.25, 0.3) is 0 Å². The fourth-order valence-electron chi connectivity index (χ4n) is 3.68. The van der Waals surface area contributed by atoms with Crippen LogP contribution in [0.2, 0.25) is 10.0 Å². The number of rotatable bonds is 3. The summed E-state index contributed by atoms with van der Waals surface area (Å²) in [5, 5.41) is 6.29. The van der Waals surface area contributed by atoms with Gasteiger partial charge in [0.05, 0.1) is 21.4 Å². The van der Waals surface area contributed by atoms with Gasteiger partial charge in [0.15, 0.2) is 0 Å². The van der Waals surface area contributed by atoms with Gasteiger partial charge in [-0.1, -0.05) is 102 Å². The van der Waals surface area contributed by atoms with Crippen LogP contribution in [0.15, 0.2) is 97.1 Å². The van der Waals surface area contributed by atoms with Crippen LogP contribution in [-0.2, 0) is 0 Å². The molecule has 0 N–H and O–H groups in total. The number of nitrogens with zero attached hydrogens (tertiary/aromatic N) is 2. The molecule has 0 unspecified atom stereocenters. The lowest BCUT2D eigenvalue weighted by atomic mass is 9.97. The minimum Gasteiger partial charge on any atom is -0.232 e. The van der Waals surface area contributed by atoms with Gasteiger partial charge in [0.1, 0.15) is 5.69 Å². The molecular weight excluding hydrogens is 399 g/mol. The predicted molar refractivity (Wildman–Crippen MR) is 121 cm³/mol. The van der Waals surface area contributed by atoms with Crippen LogP contribution >= 0.6 is 23.2 Å². The molecule has 1 aliphatic carbocycles. The average Bonchev–Trinajstić information content (AvgIpc) is 3.08. The molecule has 0 bridgehead atoms. The lowest BCUT2D eigenvalue weighted by Gasteiger charge is -2.21. The van der Waals surface area contributed by atoms with Crippen molar-refractivity contribution >= 4 is 23.2 Å². The second kappa shape index (κ2) is 7.40. The van der Waals surface area contributed by atoms with E-state index in [1.54, 1.807) is 0 Å². The van der Waals surface area contributed by atoms with Crippen molar-refractivity contribution < 1.29 is 0 Å². The summed E-state index contributed by atoms with van der Waals surface area (Å²) in [6.45, 7) is 0. The summed E-state index contributed by atoms with van der Waals surface area (Å²) < 4.78 is 1.96. The van der Waals surface area contributed by atoms with E-state index < -0.39 is 0 Å². The van der Waals surface area contributed by atoms with E-state index in [0.717, 1.165) is 39.3 Å². The second-order valence-electron chi connectivity index (χ2n) is 6.77. The third kappa shape index (κ3) is 3.11. The van der Waals surface area contributed by atoms with Gasteiger partial charge in [-0.25, -0.2) is 4.68 Å². The maximum absolute atomic E-state index is 6.73. The molecule has 0 radical (unpaired) electrons. The Morgan fingerprint density at radius 3 is 1.72 bits per heavy atom. The number of para-hydroxylation sites is 1. The zero-order valence-corrected chi connectivity index (χ0v) is 16.9. The number of halogens is 2. The summed E-state index contributed by atoms with van der Waals surface area (Å²) in [6.07, 6.45) is 0. The monoisotopic (exact) mass is 414 g/mol. The largest absolute Gasteiger partial charge is 0.232 e. The highest BCUT2D eigenvalue weighted by Crippen LogP contribution is 2.49. The van der Waals surface area contributed by atoms with E-state index >= 15 is 0 Å². The molecule has 0 saturated carbocycles. The highest BCUT2D eigenvalue weighted by atomic mass is 35.5. The highest BCUT2D eigenvalue weighted by Gasteiger charge is 2.27. The molecule has 3 aromatic rings. The summed E-state index contributed by atoms with van der Waals surface area (Å²) in [4.78, 5) is 0. The molecule has 1 heterocycles. The molecule has 1 aliphatic heterocycles. The number of benzene rings is 3. The van der Waals surface area contributed by atoms with Crippen LogP contribution in [0.5, 0.6) is 0 Å². The molecule has 0 aromatic heterocycles. The molecule has 3 aromatic carbocycles. The van der Waals surface area contributed by atoms with Gasteiger partial charge in [-0.05, 0) is 18.2 Å². The van der Waals surface area contributed by atoms with Gasteiger partial charge in [0.2, 0.25) is 0 Å². The Balaban J connectivity index is 1.95. The van der Waals surface area contributed by atoms with Crippen LogP contribution in [0.3, 0.4) is 0 Å². The molecule has 5 rings (SSSR count). The first-order valence-electron chi connectivity index (χ1n) is 9.31. The van der Waals surface area contributed by atoms with E-state index in [0.29, 0.717) is 10.0 Å². The first-order chi connectivity index (χ1) is 14.2. The topological polar surface area (TPSA) is 17.8 Å². The van der Waals surface area contributed by atoms with Crippen molar-refractivity contribution in [2.24, 2.45) is 0 Å². The molecule has 0 amide bonds. The van der Waals surface area contributed by atoms with Crippen molar-refractivity contribution in [3.05, 3.63) is 107 Å². The Morgan fingerprint density at radius 2 is 1.10 bits per heavy atom. The average molecular weight is 415 g/mol. The van der Waals surface area contributed by atoms with Crippen LogP contribution in [0.25, 0.3) is 39.3 Å². The minimum atomic E-state index is 0.605. The zero-order valence-electron chi connectivity index (χ0n) is 15.4. The fourth-order valence-corrected chi connectivity index (χ4v) is 4.32. The van der Waals surface area contributed by atoms with Crippen LogP contribution in [-0.4, -0.2) is 9.78 Å². The van der Waals surface area contributed by atoms with E-state index in [2.05, 4.69) is 12.1 Å². The van der Waals surface area contributed by atoms with Crippen LogP contribution in [0.4, 0.5) is 0 Å². The summed E-state index contributed by atoms with van der Waals surface area (Å²) in [6, 6.07) is 32.1. The van der Waals surface area contributed by atoms with Gasteiger partial charge in [-0.15, -0.1) is 0 Å². The number of hydrogen-bond donors (Lipinski definition) is 0. The van der Waals surface area contributed by atoms with Crippen molar-refractivity contribution in [1.82, 2.24) is 9.78 Å². The van der Waals surface area contributed by atoms with Gasteiger partial charge >= 0.3 is 0 Å². The van der Waals surface area contributed by atoms with E-state index in [1.165, 1.54) is 0 Å². The van der Waals surface area contributed by atoms with Crippen molar-refractivity contribution in [2.45, 2.75) is 0 Å². The summed E-state index contributed by atoms with van der Waals surface area (Å²) >= 11 is 13.4. The van der Waals surface area contributed by atoms with Crippen molar-refractivity contribution in [1.29, 1.82) is 0 Å². The molecule has 0 atom stereocenters. The third-order valence-electron chi connectivity index (χ3n) is 4.96. The van der Waals surface area contributed by atoms with Crippen molar-refractivity contribution in [3.8, 4) is 39.3 Å². The van der Waals surface area contributed by atoms with Crippen molar-refractivity contribution in [2.75, 3.05) is 0 Å². The van der Waals surface area contributed by atoms with Crippen molar-refractivity contribution in [3.63, 3.8) is 0 Å². The van der Waals surface area contributed by atoms with E-state index in [4.69, 9.17) is 28.3 Å². The zero-order chi connectivity index (χ0) is 19.8. The molecule has 2 aliphatic rings. The van der Waals surface area contributed by atoms with Gasteiger partial charge in [-0.2, -0.15) is 5.10 Å². The SMILES string of the molecule is Clc1cc(Cl)c2c(-c3ccccc3)n(-c3ccccc3)nc(-c3ccccc3)c1-2. The normalized spacial score (nSPS) is 11.1. The lowest BCUT2D eigenvalue weighted by molar-refractivity contribution is 0.860. The molecule has 140 valence electrons. The molecule has 2 nitrogen and oxygen atoms in total. The second-order valence-corrected chi connectivity index (χ2v) is 7.58. The molecule has 0 saturated heterocycles. The Kier molecular flexibility index (Phi) is 4.59. The minimum absolute atomic E-state index is 0.605. The highest BCUT2D eigenvalue weighted by molar-refractivity contribution is 6.41. The van der Waals surface area contributed by atoms with Gasteiger partial charge in [-0.3, -0.25) is 0 Å². The number of fused-ring (bicyclic) bond motifs is 1. The fraction of sp³-hybridized carbons (Fsp3) is 0. The van der Waals surface area contributed by atoms with Crippen LogP contribution in [0, 0.1) is 0 Å². The number of hydrogen-bond acceptors (Lipinski definition) is 1. The maximum Gasteiger partial charge on any atom is 0.101 e. The molecular formula is C25H16Cl2N2. The molecule has 0 spiro atoms. The first kappa shape index (κ1) is 18.0. The third-order valence-corrected chi connectivity index (χ3v) is 5.56.